The summed E-state index contributed by atoms with van der Waals surface area (Å²) in [7, 11) is 0. The van der Waals surface area contributed by atoms with E-state index in [0.717, 1.165) is 0 Å². The molecule has 1 saturated heterocycles. The van der Waals surface area contributed by atoms with Gasteiger partial charge in [0.25, 0.3) is 0 Å². The zero-order valence-electron chi connectivity index (χ0n) is 33.3. The van der Waals surface area contributed by atoms with E-state index in [-0.39, 0.29) is 0 Å². The molecule has 356 valence electrons. The molecule has 68 heavy (non-hydrogen) atoms. The fourth-order valence-corrected chi connectivity index (χ4v) is 6.87. The number of hydrogen-bond donors (Lipinski definition) is 16. The Kier molecular flexibility index (Phi) is 11.6. The average molecular weight is 955 g/mol. The van der Waals surface area contributed by atoms with Gasteiger partial charge in [0.15, 0.2) is 93.6 Å². The SMILES string of the molecule is O=C(O[C@H]1[C@H]2OC(=O)c3cc(O)c(O)c(O)c3-c3c(cc(Oc4c(C(=O)O)cc(O)c(O)c4O)c(O)c3O)C(=O)OC[C@@H]2O[C@H](O)[C@@H]1OC(=O)c1cc(O)c(O)c(O)c1)c1cc(O)c(O)c(O)c1. The predicted octanol–water partition coefficient (Wildman–Crippen LogP) is 1.59. The van der Waals surface area contributed by atoms with Crippen molar-refractivity contribution in [1.82, 2.24) is 0 Å². The Morgan fingerprint density at radius 3 is 1.51 bits per heavy atom. The standard InChI is InChI=1S/C41H30O27/c42-14-1-9(2-15(43)24(14)48)37(58)67-34-33-21(65-41(62)35(34)68-38(59)10-3-16(44)25(49)17(45)4-10)8-63-39(60)12-7-20(64-32-13(36(56)57)6-19(47)27(51)31(32)55)28(52)30(54)23(12)22-11(40(61)66-33)5-18(46)26(50)29(22)53/h1-7,21,33-35,41-55,62H,8H2,(H,56,57)/t21-,33-,34-,35+,41-/m0/s1. The topological polar surface area (TPSA) is 464 Å². The summed E-state index contributed by atoms with van der Waals surface area (Å²) < 4.78 is 32.6. The summed E-state index contributed by atoms with van der Waals surface area (Å²) >= 11 is 0. The fraction of sp³-hybridized carbons (Fsp3) is 0.146. The van der Waals surface area contributed by atoms with Crippen molar-refractivity contribution in [1.29, 1.82) is 0 Å². The third-order valence-corrected chi connectivity index (χ3v) is 10.2. The van der Waals surface area contributed by atoms with Gasteiger partial charge in [-0.3, -0.25) is 0 Å². The molecule has 5 aromatic carbocycles. The van der Waals surface area contributed by atoms with Crippen LogP contribution in [-0.4, -0.2) is 149 Å². The van der Waals surface area contributed by atoms with Gasteiger partial charge in [0.1, 0.15) is 18.3 Å². The monoisotopic (exact) mass is 954 g/mol. The number of aromatic carboxylic acids is 1. The summed E-state index contributed by atoms with van der Waals surface area (Å²) in [6.07, 6.45) is -11.8. The number of benzene rings is 5. The molecule has 0 radical (unpaired) electrons. The van der Waals surface area contributed by atoms with Gasteiger partial charge < -0.3 is 110 Å². The highest BCUT2D eigenvalue weighted by Crippen LogP contribution is 2.55. The van der Waals surface area contributed by atoms with Crippen molar-refractivity contribution in [2.24, 2.45) is 0 Å². The van der Waals surface area contributed by atoms with Gasteiger partial charge in [-0.25, -0.2) is 24.0 Å². The second-order valence-corrected chi connectivity index (χ2v) is 14.4. The minimum Gasteiger partial charge on any atom is -0.504 e. The van der Waals surface area contributed by atoms with E-state index in [1.54, 1.807) is 0 Å². The van der Waals surface area contributed by atoms with E-state index < -0.39 is 198 Å². The zero-order valence-corrected chi connectivity index (χ0v) is 33.3. The predicted molar refractivity (Wildman–Crippen MR) is 210 cm³/mol. The van der Waals surface area contributed by atoms with Gasteiger partial charge in [-0.1, -0.05) is 0 Å². The van der Waals surface area contributed by atoms with Crippen molar-refractivity contribution >= 4 is 29.8 Å². The lowest BCUT2D eigenvalue weighted by molar-refractivity contribution is -0.284. The minimum absolute atomic E-state index is 0.370. The quantitative estimate of drug-likeness (QED) is 0.0625. The van der Waals surface area contributed by atoms with E-state index in [4.69, 9.17) is 28.4 Å². The fourth-order valence-electron chi connectivity index (χ4n) is 6.87. The van der Waals surface area contributed by atoms with Gasteiger partial charge in [-0.15, -0.1) is 0 Å². The third-order valence-electron chi connectivity index (χ3n) is 10.2. The average Bonchev–Trinajstić information content (AvgIpc) is 3.29. The first-order chi connectivity index (χ1) is 31.9. The van der Waals surface area contributed by atoms with Crippen LogP contribution in [0.2, 0.25) is 0 Å². The first-order valence-corrected chi connectivity index (χ1v) is 18.6. The molecule has 0 amide bonds. The second-order valence-electron chi connectivity index (χ2n) is 14.4. The number of aliphatic hydroxyl groups excluding tert-OH is 1. The minimum atomic E-state index is -2.54. The van der Waals surface area contributed by atoms with Crippen molar-refractivity contribution < 1.29 is 134 Å². The summed E-state index contributed by atoms with van der Waals surface area (Å²) in [6, 6.07) is 3.45. The summed E-state index contributed by atoms with van der Waals surface area (Å²) in [5, 5.41) is 166. The number of carbonyl (C=O) groups excluding carboxylic acids is 4. The normalized spacial score (nSPS) is 18.9. The Bertz CT molecular complexity index is 2950. The van der Waals surface area contributed by atoms with Gasteiger partial charge in [0.05, 0.1) is 22.3 Å². The molecule has 2 aliphatic rings. The summed E-state index contributed by atoms with van der Waals surface area (Å²) in [6.45, 7) is -1.26. The maximum absolute atomic E-state index is 14.4. The molecule has 0 saturated carbocycles. The van der Waals surface area contributed by atoms with E-state index in [0.29, 0.717) is 42.5 Å². The van der Waals surface area contributed by atoms with Crippen molar-refractivity contribution in [3.05, 3.63) is 70.3 Å². The maximum Gasteiger partial charge on any atom is 0.339 e. The molecule has 2 heterocycles. The number of carbonyl (C=O) groups is 5. The molecule has 16 N–H and O–H groups in total. The Morgan fingerprint density at radius 2 is 0.985 bits per heavy atom. The second kappa shape index (κ2) is 17.1. The van der Waals surface area contributed by atoms with Crippen LogP contribution in [0.3, 0.4) is 0 Å². The molecule has 0 unspecified atom stereocenters. The Hall–Kier alpha value is -9.63. The van der Waals surface area contributed by atoms with Gasteiger partial charge in [0.2, 0.25) is 23.0 Å². The molecule has 7 rings (SSSR count). The van der Waals surface area contributed by atoms with Crippen LogP contribution in [0.15, 0.2) is 42.5 Å². The Balaban J connectivity index is 1.39. The molecule has 5 atom stereocenters. The highest BCUT2D eigenvalue weighted by Gasteiger charge is 2.53. The molecular weight excluding hydrogens is 924 g/mol. The number of phenols is 14. The van der Waals surface area contributed by atoms with Crippen LogP contribution in [0.5, 0.6) is 92.0 Å². The first-order valence-electron chi connectivity index (χ1n) is 18.6. The Morgan fingerprint density at radius 1 is 0.529 bits per heavy atom. The molecule has 0 aliphatic carbocycles. The van der Waals surface area contributed by atoms with Gasteiger partial charge in [-0.05, 0) is 30.3 Å². The maximum atomic E-state index is 14.4. The number of aliphatic hydroxyl groups is 1. The number of carboxylic acids is 1. The van der Waals surface area contributed by atoms with E-state index in [1.165, 1.54) is 0 Å². The number of carboxylic acid groups (broad SMARTS) is 1. The molecule has 27 nitrogen and oxygen atoms in total. The van der Waals surface area contributed by atoms with Crippen molar-refractivity contribution in [2.45, 2.75) is 30.7 Å². The molecule has 0 bridgehead atoms. The summed E-state index contributed by atoms with van der Waals surface area (Å²) in [4.78, 5) is 67.6. The van der Waals surface area contributed by atoms with Crippen LogP contribution in [0, 0.1) is 0 Å². The van der Waals surface area contributed by atoms with Gasteiger partial charge >= 0.3 is 29.8 Å². The van der Waals surface area contributed by atoms with Crippen LogP contribution >= 0.6 is 0 Å². The van der Waals surface area contributed by atoms with E-state index in [9.17, 15) is 106 Å². The molecule has 5 aromatic rings. The van der Waals surface area contributed by atoms with E-state index in [1.807, 2.05) is 0 Å². The molecule has 1 fully saturated rings. The number of phenolic OH excluding ortho intramolecular Hbond substituents is 14. The van der Waals surface area contributed by atoms with E-state index in [2.05, 4.69) is 0 Å². The van der Waals surface area contributed by atoms with E-state index >= 15 is 0 Å². The largest absolute Gasteiger partial charge is 0.504 e. The number of fused-ring (bicyclic) bond motifs is 4. The lowest BCUT2D eigenvalue weighted by Gasteiger charge is -2.42. The van der Waals surface area contributed by atoms with Crippen molar-refractivity contribution in [3.8, 4) is 103 Å². The molecule has 0 spiro atoms. The zero-order chi connectivity index (χ0) is 50.0. The van der Waals surface area contributed by atoms with Crippen LogP contribution in [0.1, 0.15) is 51.8 Å². The number of esters is 4. The van der Waals surface area contributed by atoms with Crippen LogP contribution < -0.4 is 4.74 Å². The lowest BCUT2D eigenvalue weighted by Crippen LogP contribution is -2.62. The number of rotatable bonds is 7. The molecule has 2 aliphatic heterocycles. The van der Waals surface area contributed by atoms with Crippen molar-refractivity contribution in [3.63, 3.8) is 0 Å². The molecule has 0 aromatic heterocycles. The Labute approximate surface area is 374 Å². The summed E-state index contributed by atoms with van der Waals surface area (Å²) in [5.74, 6) is -28.9. The molecular formula is C41H30O27. The number of ether oxygens (including phenoxy) is 6. The van der Waals surface area contributed by atoms with Gasteiger partial charge in [-0.2, -0.15) is 0 Å². The van der Waals surface area contributed by atoms with Crippen LogP contribution in [-0.2, 0) is 23.7 Å². The first kappa shape index (κ1) is 46.4. The van der Waals surface area contributed by atoms with Crippen molar-refractivity contribution in [2.75, 3.05) is 6.61 Å². The van der Waals surface area contributed by atoms with Gasteiger partial charge in [0, 0.05) is 23.3 Å². The highest BCUT2D eigenvalue weighted by molar-refractivity contribution is 6.08. The smallest absolute Gasteiger partial charge is 0.339 e. The number of cyclic esters (lactones) is 1. The number of hydrogen-bond acceptors (Lipinski definition) is 26. The third kappa shape index (κ3) is 7.96. The number of aromatic hydroxyl groups is 14. The van der Waals surface area contributed by atoms with Crippen LogP contribution in [0.4, 0.5) is 0 Å². The summed E-state index contributed by atoms with van der Waals surface area (Å²) in [5.41, 5.74) is -7.20. The highest BCUT2D eigenvalue weighted by atomic mass is 16.7. The van der Waals surface area contributed by atoms with Crippen LogP contribution in [0.25, 0.3) is 11.1 Å². The lowest BCUT2D eigenvalue weighted by atomic mass is 9.91. The molecule has 27 heteroatoms.